The summed E-state index contributed by atoms with van der Waals surface area (Å²) in [5.41, 5.74) is 2.54. The standard InChI is InChI=1S/C17H20N4S2/c1-3-18-17(20-23-15-6-4-5-13(2)11-15)21-16(7-9-19-21)14-8-10-22-12-14/h4-6,8-12,16H,3,7H2,1-2H3,(H,18,20). The molecular formula is C17H20N4S2. The van der Waals surface area contributed by atoms with Crippen molar-refractivity contribution in [1.29, 1.82) is 0 Å². The van der Waals surface area contributed by atoms with E-state index in [4.69, 9.17) is 0 Å². The smallest absolute Gasteiger partial charge is 0.225 e. The lowest BCUT2D eigenvalue weighted by Gasteiger charge is -2.24. The van der Waals surface area contributed by atoms with Crippen LogP contribution in [0, 0.1) is 6.92 Å². The van der Waals surface area contributed by atoms with Gasteiger partial charge in [-0.3, -0.25) is 9.71 Å². The van der Waals surface area contributed by atoms with Gasteiger partial charge in [0.25, 0.3) is 0 Å². The number of hydrazone groups is 1. The Hall–Kier alpha value is -1.79. The highest BCUT2D eigenvalue weighted by Crippen LogP contribution is 2.30. The molecule has 0 fully saturated rings. The van der Waals surface area contributed by atoms with Crippen LogP contribution in [0.15, 0.2) is 56.1 Å². The molecule has 0 radical (unpaired) electrons. The van der Waals surface area contributed by atoms with E-state index in [2.05, 4.69) is 62.8 Å². The topological polar surface area (TPSA) is 40.0 Å². The van der Waals surface area contributed by atoms with Gasteiger partial charge in [-0.05, 0) is 65.9 Å². The van der Waals surface area contributed by atoms with Crippen molar-refractivity contribution in [2.45, 2.75) is 31.2 Å². The van der Waals surface area contributed by atoms with Gasteiger partial charge >= 0.3 is 0 Å². The second-order valence-corrected chi connectivity index (χ2v) is 6.93. The molecule has 3 rings (SSSR count). The van der Waals surface area contributed by atoms with Gasteiger partial charge in [-0.25, -0.2) is 5.01 Å². The Kier molecular flexibility index (Phi) is 5.35. The molecule has 1 aliphatic heterocycles. The van der Waals surface area contributed by atoms with E-state index in [0.29, 0.717) is 0 Å². The maximum absolute atomic E-state index is 4.60. The zero-order valence-electron chi connectivity index (χ0n) is 13.3. The molecule has 1 atom stereocenters. The highest BCUT2D eigenvalue weighted by molar-refractivity contribution is 7.98. The first-order chi connectivity index (χ1) is 11.3. The number of hydrogen-bond donors (Lipinski definition) is 1. The molecule has 1 aromatic carbocycles. The highest BCUT2D eigenvalue weighted by atomic mass is 32.2. The van der Waals surface area contributed by atoms with Crippen molar-refractivity contribution in [3.8, 4) is 0 Å². The molecule has 1 unspecified atom stereocenters. The third kappa shape index (κ3) is 3.95. The Morgan fingerprint density at radius 2 is 2.39 bits per heavy atom. The minimum Gasteiger partial charge on any atom is -0.295 e. The average molecular weight is 345 g/mol. The summed E-state index contributed by atoms with van der Waals surface area (Å²) in [5.74, 6) is 0.809. The van der Waals surface area contributed by atoms with E-state index in [0.717, 1.165) is 18.9 Å². The molecule has 4 nitrogen and oxygen atoms in total. The van der Waals surface area contributed by atoms with Crippen LogP contribution in [0.3, 0.4) is 0 Å². The van der Waals surface area contributed by atoms with Crippen LogP contribution < -0.4 is 4.72 Å². The molecular weight excluding hydrogens is 324 g/mol. The van der Waals surface area contributed by atoms with E-state index < -0.39 is 0 Å². The van der Waals surface area contributed by atoms with Crippen molar-refractivity contribution >= 4 is 35.5 Å². The van der Waals surface area contributed by atoms with Crippen LogP contribution in [0.2, 0.25) is 0 Å². The fourth-order valence-corrected chi connectivity index (χ4v) is 3.91. The van der Waals surface area contributed by atoms with Gasteiger partial charge in [0, 0.05) is 24.1 Å². The van der Waals surface area contributed by atoms with Gasteiger partial charge in [0.2, 0.25) is 5.96 Å². The number of nitrogens with zero attached hydrogens (tertiary/aromatic N) is 3. The largest absolute Gasteiger partial charge is 0.295 e. The van der Waals surface area contributed by atoms with Crippen LogP contribution in [0.25, 0.3) is 0 Å². The van der Waals surface area contributed by atoms with Crippen LogP contribution in [-0.2, 0) is 0 Å². The predicted molar refractivity (Wildman–Crippen MR) is 100 cm³/mol. The molecule has 0 spiro atoms. The van der Waals surface area contributed by atoms with Gasteiger partial charge in [0.1, 0.15) is 0 Å². The number of aliphatic imine (C=N–C) groups is 1. The first kappa shape index (κ1) is 16.1. The fraction of sp³-hybridized carbons (Fsp3) is 0.294. The van der Waals surface area contributed by atoms with Crippen molar-refractivity contribution in [1.82, 2.24) is 9.73 Å². The van der Waals surface area contributed by atoms with Gasteiger partial charge in [0.05, 0.1) is 6.04 Å². The molecule has 120 valence electrons. The SMILES string of the molecule is CCN=C(NSc1cccc(C)c1)N1N=CCC1c1ccsc1. The van der Waals surface area contributed by atoms with E-state index >= 15 is 0 Å². The number of benzene rings is 1. The van der Waals surface area contributed by atoms with Crippen molar-refractivity contribution in [2.75, 3.05) is 6.54 Å². The normalized spacial score (nSPS) is 17.7. The minimum absolute atomic E-state index is 0.233. The maximum Gasteiger partial charge on any atom is 0.225 e. The molecule has 23 heavy (non-hydrogen) atoms. The molecule has 2 aromatic rings. The van der Waals surface area contributed by atoms with E-state index in [9.17, 15) is 0 Å². The fourth-order valence-electron chi connectivity index (χ4n) is 2.44. The number of nitrogens with one attached hydrogen (secondary N) is 1. The number of thiophene rings is 1. The Bertz CT molecular complexity index is 694. The monoisotopic (exact) mass is 344 g/mol. The summed E-state index contributed by atoms with van der Waals surface area (Å²) in [6.45, 7) is 4.86. The molecule has 1 N–H and O–H groups in total. The molecule has 1 aliphatic rings. The van der Waals surface area contributed by atoms with Crippen molar-refractivity contribution in [3.63, 3.8) is 0 Å². The Balaban J connectivity index is 1.73. The van der Waals surface area contributed by atoms with Gasteiger partial charge in [0.15, 0.2) is 0 Å². The Morgan fingerprint density at radius 1 is 1.48 bits per heavy atom. The number of guanidine groups is 1. The summed E-state index contributed by atoms with van der Waals surface area (Å²) in [7, 11) is 0. The number of rotatable bonds is 4. The lowest BCUT2D eigenvalue weighted by molar-refractivity contribution is 0.363. The van der Waals surface area contributed by atoms with Crippen molar-refractivity contribution in [3.05, 3.63) is 52.2 Å². The molecule has 0 bridgehead atoms. The first-order valence-electron chi connectivity index (χ1n) is 7.65. The van der Waals surface area contributed by atoms with E-state index in [1.807, 2.05) is 18.1 Å². The summed E-state index contributed by atoms with van der Waals surface area (Å²) in [6.07, 6.45) is 2.88. The third-order valence-electron chi connectivity index (χ3n) is 3.53. The lowest BCUT2D eigenvalue weighted by Crippen LogP contribution is -2.35. The minimum atomic E-state index is 0.233. The van der Waals surface area contributed by atoms with Gasteiger partial charge in [-0.15, -0.1) is 0 Å². The summed E-state index contributed by atoms with van der Waals surface area (Å²) in [6, 6.07) is 10.8. The zero-order valence-corrected chi connectivity index (χ0v) is 14.9. The second-order valence-electron chi connectivity index (χ2n) is 5.27. The molecule has 2 heterocycles. The molecule has 0 saturated heterocycles. The van der Waals surface area contributed by atoms with Crippen molar-refractivity contribution < 1.29 is 0 Å². The first-order valence-corrected chi connectivity index (χ1v) is 9.41. The van der Waals surface area contributed by atoms with Crippen LogP contribution in [0.1, 0.15) is 30.5 Å². The van der Waals surface area contributed by atoms with Crippen LogP contribution in [0.5, 0.6) is 0 Å². The Labute approximate surface area is 145 Å². The number of hydrogen-bond acceptors (Lipinski definition) is 4. The van der Waals surface area contributed by atoms with E-state index in [1.165, 1.54) is 16.0 Å². The van der Waals surface area contributed by atoms with Crippen LogP contribution in [0.4, 0.5) is 0 Å². The molecule has 1 aromatic heterocycles. The van der Waals surface area contributed by atoms with Crippen LogP contribution in [-0.4, -0.2) is 23.7 Å². The number of aryl methyl sites for hydroxylation is 1. The second kappa shape index (κ2) is 7.66. The van der Waals surface area contributed by atoms with Gasteiger partial charge < -0.3 is 0 Å². The van der Waals surface area contributed by atoms with Gasteiger partial charge in [-0.2, -0.15) is 16.4 Å². The van der Waals surface area contributed by atoms with Gasteiger partial charge in [-0.1, -0.05) is 12.1 Å². The predicted octanol–water partition coefficient (Wildman–Crippen LogP) is 4.46. The van der Waals surface area contributed by atoms with E-state index in [1.54, 1.807) is 23.3 Å². The van der Waals surface area contributed by atoms with Crippen molar-refractivity contribution in [2.24, 2.45) is 10.1 Å². The Morgan fingerprint density at radius 3 is 3.13 bits per heavy atom. The quantitative estimate of drug-likeness (QED) is 0.506. The summed E-state index contributed by atoms with van der Waals surface area (Å²) in [5, 5.41) is 10.8. The summed E-state index contributed by atoms with van der Waals surface area (Å²) in [4.78, 5) is 5.77. The van der Waals surface area contributed by atoms with Crippen LogP contribution >= 0.6 is 23.3 Å². The maximum atomic E-state index is 4.60. The molecule has 0 saturated carbocycles. The molecule has 0 amide bonds. The average Bonchev–Trinajstić information content (AvgIpc) is 3.22. The summed E-state index contributed by atoms with van der Waals surface area (Å²) < 4.78 is 3.38. The molecule has 0 aliphatic carbocycles. The third-order valence-corrected chi connectivity index (χ3v) is 5.01. The summed E-state index contributed by atoms with van der Waals surface area (Å²) >= 11 is 3.29. The van der Waals surface area contributed by atoms with E-state index in [-0.39, 0.29) is 6.04 Å². The lowest BCUT2D eigenvalue weighted by atomic mass is 10.1. The molecule has 6 heteroatoms. The highest BCUT2D eigenvalue weighted by Gasteiger charge is 2.27. The zero-order chi connectivity index (χ0) is 16.1.